The number of hydrazone groups is 1. The van der Waals surface area contributed by atoms with E-state index >= 15 is 0 Å². The van der Waals surface area contributed by atoms with Gasteiger partial charge in [-0.2, -0.15) is 5.10 Å². The minimum Gasteiger partial charge on any atom is -0.456 e. The minimum atomic E-state index is -1.37. The van der Waals surface area contributed by atoms with Crippen LogP contribution in [0.4, 0.5) is 10.5 Å². The Hall–Kier alpha value is -4.83. The minimum absolute atomic E-state index is 0.0514. The van der Waals surface area contributed by atoms with Crippen LogP contribution < -0.4 is 10.1 Å². The van der Waals surface area contributed by atoms with Crippen LogP contribution in [-0.4, -0.2) is 26.7 Å². The first-order chi connectivity index (χ1) is 19.0. The predicted molar refractivity (Wildman–Crippen MR) is 147 cm³/mol. The average molecular weight is 537 g/mol. The number of para-hydroxylation sites is 2. The number of hydrogen-bond donors (Lipinski definition) is 1. The van der Waals surface area contributed by atoms with Crippen LogP contribution in [0.5, 0.6) is 5.75 Å². The summed E-state index contributed by atoms with van der Waals surface area (Å²) in [5, 5.41) is 21.0. The van der Waals surface area contributed by atoms with Crippen LogP contribution in [0.2, 0.25) is 0 Å². The number of thioether (sulfide) groups is 1. The number of hydrogen-bond acceptors (Lipinski definition) is 8. The van der Waals surface area contributed by atoms with Gasteiger partial charge < -0.3 is 9.15 Å². The lowest BCUT2D eigenvalue weighted by molar-refractivity contribution is -0.384. The van der Waals surface area contributed by atoms with Gasteiger partial charge in [-0.05, 0) is 47.7 Å². The second kappa shape index (κ2) is 8.88. The monoisotopic (exact) mass is 536 g/mol. The molecule has 0 aliphatic carbocycles. The molecule has 1 spiro atoms. The van der Waals surface area contributed by atoms with Gasteiger partial charge in [0.05, 0.1) is 27.1 Å². The lowest BCUT2D eigenvalue weighted by Gasteiger charge is -2.44. The van der Waals surface area contributed by atoms with Crippen molar-refractivity contribution < 1.29 is 18.9 Å². The lowest BCUT2D eigenvalue weighted by atomic mass is 9.96. The fourth-order valence-corrected chi connectivity index (χ4v) is 6.10. The molecule has 0 radical (unpaired) electrons. The van der Waals surface area contributed by atoms with Gasteiger partial charge in [0.2, 0.25) is 0 Å². The fourth-order valence-electron chi connectivity index (χ4n) is 5.22. The molecule has 39 heavy (non-hydrogen) atoms. The van der Waals surface area contributed by atoms with Crippen molar-refractivity contribution in [1.29, 1.82) is 0 Å². The first-order valence-electron chi connectivity index (χ1n) is 12.3. The van der Waals surface area contributed by atoms with E-state index in [0.717, 1.165) is 28.6 Å². The molecule has 3 aliphatic rings. The zero-order chi connectivity index (χ0) is 26.6. The van der Waals surface area contributed by atoms with E-state index in [2.05, 4.69) is 5.32 Å². The third kappa shape index (κ3) is 3.79. The Balaban J connectivity index is 1.33. The first kappa shape index (κ1) is 23.3. The normalized spacial score (nSPS) is 22.3. The van der Waals surface area contributed by atoms with Crippen LogP contribution in [-0.2, 0) is 0 Å². The number of fused-ring (bicyclic) bond motifs is 4. The van der Waals surface area contributed by atoms with Gasteiger partial charge in [-0.15, -0.1) is 0 Å². The Labute approximate surface area is 226 Å². The zero-order valence-electron chi connectivity index (χ0n) is 20.3. The van der Waals surface area contributed by atoms with Crippen molar-refractivity contribution in [3.05, 3.63) is 123 Å². The van der Waals surface area contributed by atoms with Gasteiger partial charge in [0.1, 0.15) is 17.3 Å². The van der Waals surface area contributed by atoms with Crippen molar-refractivity contribution in [1.82, 2.24) is 10.3 Å². The van der Waals surface area contributed by atoms with Crippen molar-refractivity contribution >= 4 is 34.5 Å². The number of amides is 1. The van der Waals surface area contributed by atoms with E-state index in [9.17, 15) is 14.9 Å². The number of nitro groups is 1. The molecule has 1 aromatic heterocycles. The van der Waals surface area contributed by atoms with Crippen molar-refractivity contribution in [3.8, 4) is 17.1 Å². The number of carbonyl (C=O) groups is 1. The van der Waals surface area contributed by atoms with Gasteiger partial charge in [-0.3, -0.25) is 20.2 Å². The first-order valence-corrected chi connectivity index (χ1v) is 13.1. The molecule has 4 aromatic rings. The number of rotatable bonds is 4. The largest absolute Gasteiger partial charge is 0.456 e. The van der Waals surface area contributed by atoms with Crippen LogP contribution in [0.25, 0.3) is 17.4 Å². The van der Waals surface area contributed by atoms with Crippen LogP contribution in [0.3, 0.4) is 0 Å². The van der Waals surface area contributed by atoms with Crippen LogP contribution in [0.15, 0.2) is 105 Å². The molecule has 1 amide bonds. The van der Waals surface area contributed by atoms with Crippen LogP contribution in [0.1, 0.15) is 29.3 Å². The molecule has 3 aromatic carbocycles. The summed E-state index contributed by atoms with van der Waals surface area (Å²) in [5.74, 6) is 0.0658. The van der Waals surface area contributed by atoms with E-state index in [1.807, 2.05) is 59.6 Å². The molecule has 2 atom stereocenters. The summed E-state index contributed by atoms with van der Waals surface area (Å²) in [6.45, 7) is 0. The maximum absolute atomic E-state index is 12.9. The molecule has 10 heteroatoms. The quantitative estimate of drug-likeness (QED) is 0.233. The predicted octanol–water partition coefficient (Wildman–Crippen LogP) is 6.55. The van der Waals surface area contributed by atoms with Gasteiger partial charge >= 0.3 is 5.85 Å². The van der Waals surface area contributed by atoms with E-state index in [1.54, 1.807) is 36.4 Å². The molecular weight excluding hydrogens is 516 g/mol. The van der Waals surface area contributed by atoms with Crippen LogP contribution in [0, 0.1) is 10.1 Å². The second-order valence-corrected chi connectivity index (χ2v) is 10.3. The Morgan fingerprint density at radius 1 is 1.03 bits per heavy atom. The number of carbonyl (C=O) groups excluding carboxylic acids is 1. The van der Waals surface area contributed by atoms with E-state index in [0.29, 0.717) is 34.2 Å². The molecule has 9 nitrogen and oxygen atoms in total. The topological polar surface area (TPSA) is 110 Å². The molecule has 1 saturated heterocycles. The molecule has 192 valence electrons. The molecule has 2 unspecified atom stereocenters. The highest BCUT2D eigenvalue weighted by Gasteiger charge is 2.58. The zero-order valence-corrected chi connectivity index (χ0v) is 21.1. The maximum Gasteiger partial charge on any atom is 0.314 e. The SMILES string of the molecule is O=C1NC2(Oc3ccccc3C3CC(c4ccccc4)=NN32)/C(=C/c2ccc(-c3ccccc3[N+](=O)[O-])o2)S1. The highest BCUT2D eigenvalue weighted by molar-refractivity contribution is 8.17. The number of nitrogens with zero attached hydrogens (tertiary/aromatic N) is 3. The number of ether oxygens (including phenoxy) is 1. The smallest absolute Gasteiger partial charge is 0.314 e. The molecule has 7 rings (SSSR count). The third-order valence-electron chi connectivity index (χ3n) is 6.95. The average Bonchev–Trinajstić information content (AvgIpc) is 3.68. The Kier molecular flexibility index (Phi) is 5.31. The van der Waals surface area contributed by atoms with E-state index < -0.39 is 10.8 Å². The summed E-state index contributed by atoms with van der Waals surface area (Å²) in [4.78, 5) is 24.5. The Bertz CT molecular complexity index is 1700. The molecular formula is C29H20N4O5S. The number of nitro benzene ring substituents is 1. The summed E-state index contributed by atoms with van der Waals surface area (Å²) in [6, 6.07) is 27.3. The maximum atomic E-state index is 12.9. The summed E-state index contributed by atoms with van der Waals surface area (Å²) in [5.41, 5.74) is 3.20. The highest BCUT2D eigenvalue weighted by Crippen LogP contribution is 2.52. The molecule has 3 aliphatic heterocycles. The summed E-state index contributed by atoms with van der Waals surface area (Å²) < 4.78 is 12.6. The molecule has 0 bridgehead atoms. The van der Waals surface area contributed by atoms with Gasteiger partial charge in [-0.1, -0.05) is 60.7 Å². The third-order valence-corrected chi connectivity index (χ3v) is 7.85. The Morgan fingerprint density at radius 3 is 2.64 bits per heavy atom. The molecule has 1 fully saturated rings. The van der Waals surface area contributed by atoms with Gasteiger partial charge in [0.25, 0.3) is 10.9 Å². The van der Waals surface area contributed by atoms with Crippen LogP contribution >= 0.6 is 11.8 Å². The van der Waals surface area contributed by atoms with Crippen molar-refractivity contribution in [2.24, 2.45) is 5.10 Å². The lowest BCUT2D eigenvalue weighted by Crippen LogP contribution is -2.61. The van der Waals surface area contributed by atoms with E-state index in [-0.39, 0.29) is 17.0 Å². The van der Waals surface area contributed by atoms with Crippen molar-refractivity contribution in [2.45, 2.75) is 18.3 Å². The van der Waals surface area contributed by atoms with E-state index in [4.69, 9.17) is 14.3 Å². The molecule has 1 N–H and O–H groups in total. The number of furan rings is 1. The number of benzene rings is 3. The highest BCUT2D eigenvalue weighted by atomic mass is 32.2. The Morgan fingerprint density at radius 2 is 1.79 bits per heavy atom. The standard InChI is InChI=1S/C29H20N4O5S/c34-28-30-29(27(39-28)16-19-14-15-25(37-19)20-10-4-6-12-23(20)33(35)36)32-24(21-11-5-7-13-26(21)38-29)17-22(31-32)18-8-2-1-3-9-18/h1-16,24H,17H2,(H,30,34)/b27-16-. The van der Waals surface area contributed by atoms with Gasteiger partial charge in [0.15, 0.2) is 0 Å². The second-order valence-electron chi connectivity index (χ2n) is 9.26. The number of nitrogens with one attached hydrogen (secondary N) is 1. The van der Waals surface area contributed by atoms with Gasteiger partial charge in [-0.25, -0.2) is 5.01 Å². The summed E-state index contributed by atoms with van der Waals surface area (Å²) in [7, 11) is 0. The molecule has 4 heterocycles. The summed E-state index contributed by atoms with van der Waals surface area (Å²) >= 11 is 1.01. The van der Waals surface area contributed by atoms with E-state index in [1.165, 1.54) is 6.07 Å². The van der Waals surface area contributed by atoms with Crippen molar-refractivity contribution in [2.75, 3.05) is 0 Å². The van der Waals surface area contributed by atoms with Crippen molar-refractivity contribution in [3.63, 3.8) is 0 Å². The summed E-state index contributed by atoms with van der Waals surface area (Å²) in [6.07, 6.45) is 2.37. The molecule has 0 saturated carbocycles. The fraction of sp³-hybridized carbons (Fsp3) is 0.103. The van der Waals surface area contributed by atoms with Gasteiger partial charge in [0, 0.05) is 18.1 Å².